The van der Waals surface area contributed by atoms with Gasteiger partial charge in [-0.15, -0.1) is 0 Å². The molecule has 0 aliphatic heterocycles. The Labute approximate surface area is 108 Å². The van der Waals surface area contributed by atoms with Crippen LogP contribution in [0, 0.1) is 0 Å². The zero-order valence-electron chi connectivity index (χ0n) is 9.98. The summed E-state index contributed by atoms with van der Waals surface area (Å²) in [5.41, 5.74) is 4.06. The molecular weight excluding hydrogens is 244 g/mol. The number of hydrogen-bond acceptors (Lipinski definition) is 7. The zero-order valence-corrected chi connectivity index (χ0v) is 9.98. The number of anilines is 2. The van der Waals surface area contributed by atoms with Gasteiger partial charge < -0.3 is 15.1 Å². The highest BCUT2D eigenvalue weighted by molar-refractivity contribution is 5.65. The van der Waals surface area contributed by atoms with Crippen LogP contribution in [0.1, 0.15) is 5.69 Å². The Hall–Kier alpha value is -2.74. The fourth-order valence-electron chi connectivity index (χ4n) is 1.72. The highest BCUT2D eigenvalue weighted by atomic mass is 15.3. The molecule has 0 radical (unpaired) electrons. The van der Waals surface area contributed by atoms with Gasteiger partial charge in [0, 0.05) is 18.6 Å². The summed E-state index contributed by atoms with van der Waals surface area (Å²) in [6.07, 6.45) is 6.92. The van der Waals surface area contributed by atoms with Gasteiger partial charge in [0.1, 0.15) is 0 Å². The van der Waals surface area contributed by atoms with Gasteiger partial charge in [0.05, 0.1) is 18.4 Å². The third kappa shape index (κ3) is 2.29. The lowest BCUT2D eigenvalue weighted by Crippen LogP contribution is -2.12. The molecule has 0 unspecified atom stereocenters. The quantitative estimate of drug-likeness (QED) is 0.458. The first-order chi connectivity index (χ1) is 9.36. The number of imidazole rings is 1. The maximum atomic E-state index is 5.39. The minimum Gasteiger partial charge on any atom is -0.361 e. The lowest BCUT2D eigenvalue weighted by atomic mass is 10.4. The third-order valence-electron chi connectivity index (χ3n) is 2.59. The van der Waals surface area contributed by atoms with E-state index in [0.717, 1.165) is 11.3 Å². The second-order valence-electron chi connectivity index (χ2n) is 3.85. The largest absolute Gasteiger partial charge is 0.361 e. The van der Waals surface area contributed by atoms with Crippen LogP contribution in [0.3, 0.4) is 0 Å². The Morgan fingerprint density at radius 3 is 3.05 bits per heavy atom. The van der Waals surface area contributed by atoms with E-state index in [1.165, 1.54) is 0 Å². The fraction of sp³-hybridized carbons (Fsp3) is 0.0909. The van der Waals surface area contributed by atoms with Gasteiger partial charge in [-0.05, 0) is 12.1 Å². The van der Waals surface area contributed by atoms with E-state index in [9.17, 15) is 0 Å². The average molecular weight is 256 g/mol. The topological polar surface area (TPSA) is 106 Å². The van der Waals surface area contributed by atoms with Crippen molar-refractivity contribution < 1.29 is 0 Å². The van der Waals surface area contributed by atoms with E-state index >= 15 is 0 Å². The molecule has 96 valence electrons. The number of nitrogens with two attached hydrogens (primary N) is 1. The predicted molar refractivity (Wildman–Crippen MR) is 70.2 cm³/mol. The van der Waals surface area contributed by atoms with E-state index in [-0.39, 0.29) is 0 Å². The van der Waals surface area contributed by atoms with E-state index in [0.29, 0.717) is 18.2 Å². The van der Waals surface area contributed by atoms with Crippen LogP contribution in [0.25, 0.3) is 5.65 Å². The van der Waals surface area contributed by atoms with Crippen molar-refractivity contribution in [3.05, 3.63) is 42.6 Å². The van der Waals surface area contributed by atoms with E-state index in [4.69, 9.17) is 5.84 Å². The SMILES string of the molecule is NNc1cn2ccnc2c(NCc2cccnn2)n1. The zero-order chi connectivity index (χ0) is 13.1. The van der Waals surface area contributed by atoms with Crippen LogP contribution >= 0.6 is 0 Å². The summed E-state index contributed by atoms with van der Waals surface area (Å²) in [5, 5.41) is 11.0. The van der Waals surface area contributed by atoms with Crippen LogP contribution in [0.15, 0.2) is 36.9 Å². The van der Waals surface area contributed by atoms with Crippen molar-refractivity contribution in [2.45, 2.75) is 6.54 Å². The third-order valence-corrected chi connectivity index (χ3v) is 2.59. The number of aromatic nitrogens is 5. The molecule has 4 N–H and O–H groups in total. The summed E-state index contributed by atoms with van der Waals surface area (Å²) >= 11 is 0. The van der Waals surface area contributed by atoms with Crippen LogP contribution in [-0.2, 0) is 6.54 Å². The number of hydrogen-bond donors (Lipinski definition) is 3. The van der Waals surface area contributed by atoms with Gasteiger partial charge in [-0.2, -0.15) is 10.2 Å². The second-order valence-corrected chi connectivity index (χ2v) is 3.85. The molecule has 3 aromatic rings. The van der Waals surface area contributed by atoms with Gasteiger partial charge >= 0.3 is 0 Å². The Balaban J connectivity index is 1.89. The van der Waals surface area contributed by atoms with Crippen molar-refractivity contribution in [2.24, 2.45) is 5.84 Å². The monoisotopic (exact) mass is 256 g/mol. The molecule has 0 aliphatic carbocycles. The molecule has 8 nitrogen and oxygen atoms in total. The summed E-state index contributed by atoms with van der Waals surface area (Å²) in [6, 6.07) is 3.72. The fourth-order valence-corrected chi connectivity index (χ4v) is 1.72. The molecule has 0 atom stereocenters. The van der Waals surface area contributed by atoms with E-state index in [1.807, 2.05) is 22.7 Å². The molecule has 8 heteroatoms. The molecule has 0 spiro atoms. The first-order valence-electron chi connectivity index (χ1n) is 5.67. The number of nitrogens with one attached hydrogen (secondary N) is 2. The van der Waals surface area contributed by atoms with E-state index in [1.54, 1.807) is 18.6 Å². The summed E-state index contributed by atoms with van der Waals surface area (Å²) in [4.78, 5) is 8.57. The normalized spacial score (nSPS) is 10.6. The Morgan fingerprint density at radius 2 is 2.26 bits per heavy atom. The highest BCUT2D eigenvalue weighted by Crippen LogP contribution is 2.16. The second kappa shape index (κ2) is 4.86. The Kier molecular flexibility index (Phi) is 2.91. The number of rotatable bonds is 4. The summed E-state index contributed by atoms with van der Waals surface area (Å²) in [7, 11) is 0. The molecule has 3 heterocycles. The molecule has 0 aromatic carbocycles. The Bertz CT molecular complexity index is 677. The van der Waals surface area contributed by atoms with Gasteiger partial charge in [-0.3, -0.25) is 0 Å². The smallest absolute Gasteiger partial charge is 0.180 e. The maximum absolute atomic E-state index is 5.39. The Morgan fingerprint density at radius 1 is 1.32 bits per heavy atom. The molecule has 0 fully saturated rings. The van der Waals surface area contributed by atoms with Gasteiger partial charge in [0.15, 0.2) is 17.3 Å². The lowest BCUT2D eigenvalue weighted by Gasteiger charge is -2.08. The van der Waals surface area contributed by atoms with Crippen LogP contribution < -0.4 is 16.6 Å². The molecular formula is C11H12N8. The molecule has 0 bridgehead atoms. The van der Waals surface area contributed by atoms with Crippen molar-refractivity contribution in [1.82, 2.24) is 24.6 Å². The minimum atomic E-state index is 0.511. The average Bonchev–Trinajstić information content (AvgIpc) is 2.94. The van der Waals surface area contributed by atoms with Crippen molar-refractivity contribution in [3.63, 3.8) is 0 Å². The lowest BCUT2D eigenvalue weighted by molar-refractivity contribution is 0.919. The van der Waals surface area contributed by atoms with Gasteiger partial charge in [-0.25, -0.2) is 15.8 Å². The minimum absolute atomic E-state index is 0.511. The van der Waals surface area contributed by atoms with E-state index in [2.05, 4.69) is 30.9 Å². The van der Waals surface area contributed by atoms with Crippen molar-refractivity contribution in [3.8, 4) is 0 Å². The number of fused-ring (bicyclic) bond motifs is 1. The maximum Gasteiger partial charge on any atom is 0.180 e. The molecule has 0 saturated heterocycles. The van der Waals surface area contributed by atoms with Crippen LogP contribution in [0.4, 0.5) is 11.6 Å². The first-order valence-corrected chi connectivity index (χ1v) is 5.67. The van der Waals surface area contributed by atoms with Gasteiger partial charge in [0.2, 0.25) is 0 Å². The van der Waals surface area contributed by atoms with Crippen molar-refractivity contribution in [1.29, 1.82) is 0 Å². The summed E-state index contributed by atoms with van der Waals surface area (Å²) in [5.74, 6) is 6.57. The number of nitrogens with zero attached hydrogens (tertiary/aromatic N) is 5. The summed E-state index contributed by atoms with van der Waals surface area (Å²) < 4.78 is 1.83. The van der Waals surface area contributed by atoms with Gasteiger partial charge in [-0.1, -0.05) is 0 Å². The molecule has 0 amide bonds. The van der Waals surface area contributed by atoms with Crippen LogP contribution in [-0.4, -0.2) is 24.6 Å². The van der Waals surface area contributed by atoms with Crippen LogP contribution in [0.5, 0.6) is 0 Å². The van der Waals surface area contributed by atoms with E-state index < -0.39 is 0 Å². The number of hydrazine groups is 1. The highest BCUT2D eigenvalue weighted by Gasteiger charge is 2.07. The standard InChI is InChI=1S/C11H12N8/c12-17-9-7-19-5-4-13-11(19)10(16-9)14-6-8-2-1-3-15-18-8/h1-5,7,17H,6,12H2,(H,14,16). The molecule has 0 aliphatic rings. The van der Waals surface area contributed by atoms with Crippen LogP contribution in [0.2, 0.25) is 0 Å². The molecule has 3 rings (SSSR count). The molecule has 0 saturated carbocycles. The summed E-state index contributed by atoms with van der Waals surface area (Å²) in [6.45, 7) is 0.511. The number of nitrogen functional groups attached to an aromatic ring is 1. The van der Waals surface area contributed by atoms with Crippen molar-refractivity contribution in [2.75, 3.05) is 10.7 Å². The van der Waals surface area contributed by atoms with Gasteiger partial charge in [0.25, 0.3) is 0 Å². The predicted octanol–water partition coefficient (Wildman–Crippen LogP) is 0.417. The molecule has 19 heavy (non-hydrogen) atoms. The van der Waals surface area contributed by atoms with Crippen molar-refractivity contribution >= 4 is 17.3 Å². The molecule has 3 aromatic heterocycles. The first kappa shape index (κ1) is 11.4.